The third-order valence-electron chi connectivity index (χ3n) is 18.3. The molecule has 0 aliphatic heterocycles. The summed E-state index contributed by atoms with van der Waals surface area (Å²) in [6.45, 7) is 5.01. The molecule has 6 nitrogen and oxygen atoms in total. The Balaban J connectivity index is 3.32. The van der Waals surface area contributed by atoms with Gasteiger partial charge in [-0.3, -0.25) is 9.59 Å². The topological polar surface area (TPSA) is 95.9 Å². The minimum atomic E-state index is -0.661. The minimum absolute atomic E-state index is 0.0238. The van der Waals surface area contributed by atoms with E-state index in [1.807, 2.05) is 0 Å². The quantitative estimate of drug-likeness (QED) is 0.0320. The van der Waals surface area contributed by atoms with Gasteiger partial charge in [-0.05, 0) is 51.4 Å². The third-order valence-corrected chi connectivity index (χ3v) is 18.3. The van der Waals surface area contributed by atoms with Crippen molar-refractivity contribution in [2.24, 2.45) is 0 Å². The number of hydrogen-bond donors (Lipinski definition) is 3. The van der Waals surface area contributed by atoms with Crippen molar-refractivity contribution in [3.05, 3.63) is 12.2 Å². The average Bonchev–Trinajstić information content (AvgIpc) is 3.49. The maximum atomic E-state index is 12.5. The number of ether oxygens (including phenoxy) is 1. The van der Waals surface area contributed by atoms with Crippen molar-refractivity contribution in [3.8, 4) is 0 Å². The number of allylic oxidation sites excluding steroid dienone is 2. The molecule has 0 saturated heterocycles. The maximum absolute atomic E-state index is 12.5. The summed E-state index contributed by atoms with van der Waals surface area (Å²) in [5, 5.41) is 23.4. The number of carbonyl (C=O) groups excluding carboxylic acids is 2. The number of aliphatic hydroxyl groups is 2. The molecule has 3 N–H and O–H groups in total. The standard InChI is InChI=1S/C77H151NO5/c1-3-5-7-9-11-13-15-17-19-38-43-47-51-55-59-63-67-71-77(82)83-72-68-64-60-56-52-48-44-40-37-35-33-31-29-27-25-23-21-22-24-26-28-30-32-34-36-39-42-46-50-54-58-62-66-70-76(81)78-74(73-79)75(80)69-65-61-57-53-49-45-41-20-18-16-14-12-10-8-6-4-2/h25,27,74-75,79-80H,3-24,26,28-73H2,1-2H3,(H,78,81)/b27-25-. The zero-order valence-electron chi connectivity index (χ0n) is 56.7. The first kappa shape index (κ1) is 81.6. The Hall–Kier alpha value is -1.40. The molecular formula is C77H151NO5. The van der Waals surface area contributed by atoms with E-state index in [4.69, 9.17) is 4.74 Å². The van der Waals surface area contributed by atoms with Crippen LogP contribution in [0.15, 0.2) is 12.2 Å². The largest absolute Gasteiger partial charge is 0.466 e. The molecule has 2 unspecified atom stereocenters. The summed E-state index contributed by atoms with van der Waals surface area (Å²) < 4.78 is 5.51. The lowest BCUT2D eigenvalue weighted by Crippen LogP contribution is -2.45. The Morgan fingerprint density at radius 2 is 0.566 bits per heavy atom. The Morgan fingerprint density at radius 3 is 0.855 bits per heavy atom. The highest BCUT2D eigenvalue weighted by molar-refractivity contribution is 5.76. The van der Waals surface area contributed by atoms with Crippen LogP contribution in [0.2, 0.25) is 0 Å². The Bertz CT molecular complexity index is 1260. The highest BCUT2D eigenvalue weighted by atomic mass is 16.5. The van der Waals surface area contributed by atoms with Gasteiger partial charge in [-0.25, -0.2) is 0 Å². The Kier molecular flexibility index (Phi) is 71.8. The van der Waals surface area contributed by atoms with Crippen LogP contribution in [0.3, 0.4) is 0 Å². The molecule has 0 aliphatic rings. The van der Waals surface area contributed by atoms with Gasteiger partial charge < -0.3 is 20.3 Å². The molecule has 494 valence electrons. The molecule has 0 radical (unpaired) electrons. The van der Waals surface area contributed by atoms with Crippen LogP contribution in [0.4, 0.5) is 0 Å². The number of nitrogens with one attached hydrogen (secondary N) is 1. The van der Waals surface area contributed by atoms with Gasteiger partial charge in [0.15, 0.2) is 0 Å². The molecule has 1 amide bonds. The van der Waals surface area contributed by atoms with E-state index in [1.54, 1.807) is 0 Å². The van der Waals surface area contributed by atoms with E-state index >= 15 is 0 Å². The van der Waals surface area contributed by atoms with Crippen LogP contribution in [-0.2, 0) is 14.3 Å². The van der Waals surface area contributed by atoms with E-state index in [2.05, 4.69) is 31.3 Å². The van der Waals surface area contributed by atoms with E-state index in [0.29, 0.717) is 25.9 Å². The van der Waals surface area contributed by atoms with Crippen molar-refractivity contribution in [1.82, 2.24) is 5.32 Å². The van der Waals surface area contributed by atoms with Crippen molar-refractivity contribution in [2.75, 3.05) is 13.2 Å². The van der Waals surface area contributed by atoms with Gasteiger partial charge in [0, 0.05) is 12.8 Å². The number of hydrogen-bond acceptors (Lipinski definition) is 5. The molecule has 0 aliphatic carbocycles. The molecule has 0 rings (SSSR count). The third kappa shape index (κ3) is 69.6. The number of esters is 1. The van der Waals surface area contributed by atoms with E-state index in [-0.39, 0.29) is 18.5 Å². The second-order valence-corrected chi connectivity index (χ2v) is 26.7. The summed E-state index contributed by atoms with van der Waals surface area (Å²) in [5.41, 5.74) is 0. The number of amides is 1. The first-order chi connectivity index (χ1) is 41.0. The lowest BCUT2D eigenvalue weighted by Gasteiger charge is -2.22. The summed E-state index contributed by atoms with van der Waals surface area (Å²) in [5.74, 6) is -0.00392. The SMILES string of the molecule is CCCCCCCCCCCCCCCCCCCC(=O)OCCCCCCCCCCCCCC/C=C\CCCCCCCCCCCCCCCCCCCC(=O)NC(CO)C(O)CCCCCCCCCCCCCCCCCC. The molecule has 0 bridgehead atoms. The van der Waals surface area contributed by atoms with E-state index in [1.165, 1.54) is 372 Å². The first-order valence-electron chi connectivity index (χ1n) is 38.4. The van der Waals surface area contributed by atoms with Crippen LogP contribution in [0, 0.1) is 0 Å². The molecular weight excluding hydrogens is 1020 g/mol. The van der Waals surface area contributed by atoms with E-state index < -0.39 is 12.1 Å². The lowest BCUT2D eigenvalue weighted by atomic mass is 10.0. The Labute approximate surface area is 520 Å². The predicted octanol–water partition coefficient (Wildman–Crippen LogP) is 25.1. The summed E-state index contributed by atoms with van der Waals surface area (Å²) in [7, 11) is 0. The van der Waals surface area contributed by atoms with Crippen molar-refractivity contribution in [1.29, 1.82) is 0 Å². The van der Waals surface area contributed by atoms with Crippen molar-refractivity contribution in [3.63, 3.8) is 0 Å². The van der Waals surface area contributed by atoms with Gasteiger partial charge in [-0.2, -0.15) is 0 Å². The zero-order valence-corrected chi connectivity index (χ0v) is 56.7. The van der Waals surface area contributed by atoms with Crippen LogP contribution < -0.4 is 5.32 Å². The van der Waals surface area contributed by atoms with Crippen LogP contribution in [-0.4, -0.2) is 47.4 Å². The number of aliphatic hydroxyl groups excluding tert-OH is 2. The summed E-state index contributed by atoms with van der Waals surface area (Å²) in [6, 6.07) is -0.538. The minimum Gasteiger partial charge on any atom is -0.466 e. The van der Waals surface area contributed by atoms with Gasteiger partial charge in [0.2, 0.25) is 5.91 Å². The van der Waals surface area contributed by atoms with Crippen LogP contribution in [0.5, 0.6) is 0 Å². The second kappa shape index (κ2) is 73.1. The van der Waals surface area contributed by atoms with Gasteiger partial charge in [-0.1, -0.05) is 392 Å². The number of carbonyl (C=O) groups is 2. The zero-order chi connectivity index (χ0) is 59.9. The fraction of sp³-hybridized carbons (Fsp3) is 0.948. The molecule has 0 spiro atoms. The Morgan fingerprint density at radius 1 is 0.325 bits per heavy atom. The molecule has 0 heterocycles. The van der Waals surface area contributed by atoms with Crippen molar-refractivity contribution in [2.45, 2.75) is 456 Å². The van der Waals surface area contributed by atoms with Gasteiger partial charge in [-0.15, -0.1) is 0 Å². The van der Waals surface area contributed by atoms with Crippen molar-refractivity contribution >= 4 is 11.9 Å². The highest BCUT2D eigenvalue weighted by Gasteiger charge is 2.20. The van der Waals surface area contributed by atoms with Crippen molar-refractivity contribution < 1.29 is 24.5 Å². The van der Waals surface area contributed by atoms with Gasteiger partial charge >= 0.3 is 5.97 Å². The van der Waals surface area contributed by atoms with Crippen LogP contribution >= 0.6 is 0 Å². The lowest BCUT2D eigenvalue weighted by molar-refractivity contribution is -0.143. The summed E-state index contributed by atoms with van der Waals surface area (Å²) in [6.07, 6.45) is 91.5. The monoisotopic (exact) mass is 1170 g/mol. The molecule has 2 atom stereocenters. The second-order valence-electron chi connectivity index (χ2n) is 26.7. The molecule has 0 fully saturated rings. The maximum Gasteiger partial charge on any atom is 0.305 e. The highest BCUT2D eigenvalue weighted by Crippen LogP contribution is 2.20. The summed E-state index contributed by atoms with van der Waals surface area (Å²) in [4.78, 5) is 24.6. The first-order valence-corrected chi connectivity index (χ1v) is 38.4. The predicted molar refractivity (Wildman–Crippen MR) is 366 cm³/mol. The van der Waals surface area contributed by atoms with Gasteiger partial charge in [0.25, 0.3) is 0 Å². The molecule has 0 saturated carbocycles. The van der Waals surface area contributed by atoms with Gasteiger partial charge in [0.05, 0.1) is 25.4 Å². The van der Waals surface area contributed by atoms with Crippen LogP contribution in [0.1, 0.15) is 444 Å². The number of unbranched alkanes of at least 4 members (excludes halogenated alkanes) is 60. The molecule has 6 heteroatoms. The van der Waals surface area contributed by atoms with E-state index in [9.17, 15) is 19.8 Å². The molecule has 0 aromatic rings. The smallest absolute Gasteiger partial charge is 0.305 e. The van der Waals surface area contributed by atoms with Gasteiger partial charge in [0.1, 0.15) is 0 Å². The summed E-state index contributed by atoms with van der Waals surface area (Å²) >= 11 is 0. The normalized spacial score (nSPS) is 12.5. The molecule has 0 aromatic carbocycles. The van der Waals surface area contributed by atoms with Crippen LogP contribution in [0.25, 0.3) is 0 Å². The number of rotatable bonds is 73. The fourth-order valence-corrected chi connectivity index (χ4v) is 12.5. The molecule has 83 heavy (non-hydrogen) atoms. The van der Waals surface area contributed by atoms with E-state index in [0.717, 1.165) is 38.5 Å². The molecule has 0 aromatic heterocycles. The fourth-order valence-electron chi connectivity index (χ4n) is 12.5. The average molecular weight is 1170 g/mol.